The third kappa shape index (κ3) is 7.34. The quantitative estimate of drug-likeness (QED) is 0.475. The third-order valence-corrected chi connectivity index (χ3v) is 6.58. The Balaban J connectivity index is 2.07. The van der Waals surface area contributed by atoms with Crippen molar-refractivity contribution < 1.29 is 22.7 Å². The highest BCUT2D eigenvalue weighted by atomic mass is 32.2. The molecule has 0 spiro atoms. The lowest BCUT2D eigenvalue weighted by Crippen LogP contribution is -2.28. The average molecular weight is 449 g/mol. The van der Waals surface area contributed by atoms with E-state index < -0.39 is 10.0 Å². The largest absolute Gasteiger partial charge is 0.495 e. The maximum absolute atomic E-state index is 13.2. The number of benzene rings is 2. The van der Waals surface area contributed by atoms with Gasteiger partial charge in [-0.2, -0.15) is 4.31 Å². The summed E-state index contributed by atoms with van der Waals surface area (Å²) < 4.78 is 38.3. The van der Waals surface area contributed by atoms with Crippen LogP contribution in [-0.4, -0.2) is 52.5 Å². The summed E-state index contributed by atoms with van der Waals surface area (Å²) in [7, 11) is -0.952. The molecule has 0 atom stereocenters. The van der Waals surface area contributed by atoms with Gasteiger partial charge in [-0.05, 0) is 36.6 Å². The first-order valence-corrected chi connectivity index (χ1v) is 11.9. The Hall–Kier alpha value is -2.42. The number of unbranched alkanes of at least 4 members (excludes halogenated alkanes) is 1. The molecule has 0 bridgehead atoms. The molecule has 2 aromatic carbocycles. The number of methoxy groups -OCH3 is 1. The molecular weight excluding hydrogens is 416 g/mol. The summed E-state index contributed by atoms with van der Waals surface area (Å²) in [5.41, 5.74) is 1.13. The van der Waals surface area contributed by atoms with E-state index in [0.717, 1.165) is 25.0 Å². The van der Waals surface area contributed by atoms with Gasteiger partial charge >= 0.3 is 0 Å². The number of nitrogens with zero attached hydrogens (tertiary/aromatic N) is 1. The molecule has 0 heterocycles. The van der Waals surface area contributed by atoms with Crippen molar-refractivity contribution in [1.29, 1.82) is 0 Å². The van der Waals surface area contributed by atoms with Crippen LogP contribution in [0.2, 0.25) is 0 Å². The van der Waals surface area contributed by atoms with Crippen LogP contribution in [0, 0.1) is 0 Å². The van der Waals surface area contributed by atoms with Crippen molar-refractivity contribution >= 4 is 15.9 Å². The van der Waals surface area contributed by atoms with Crippen molar-refractivity contribution in [2.45, 2.75) is 37.6 Å². The molecule has 0 aliphatic rings. The van der Waals surface area contributed by atoms with Crippen molar-refractivity contribution in [3.63, 3.8) is 0 Å². The van der Waals surface area contributed by atoms with Crippen LogP contribution in [0.1, 0.15) is 42.1 Å². The molecule has 0 radical (unpaired) electrons. The van der Waals surface area contributed by atoms with E-state index in [9.17, 15) is 13.2 Å². The van der Waals surface area contributed by atoms with Crippen LogP contribution in [0.5, 0.6) is 5.75 Å². The molecule has 31 heavy (non-hydrogen) atoms. The number of hydrogen-bond donors (Lipinski definition) is 1. The Kier molecular flexibility index (Phi) is 9.97. The van der Waals surface area contributed by atoms with Crippen LogP contribution >= 0.6 is 0 Å². The molecule has 8 heteroatoms. The topological polar surface area (TPSA) is 84.9 Å². The highest BCUT2D eigenvalue weighted by molar-refractivity contribution is 7.89. The molecule has 2 aromatic rings. The number of ether oxygens (including phenoxy) is 2. The van der Waals surface area contributed by atoms with E-state index in [0.29, 0.717) is 19.6 Å². The second-order valence-corrected chi connectivity index (χ2v) is 9.20. The number of nitrogens with one attached hydrogen (secondary N) is 1. The molecule has 1 amide bonds. The van der Waals surface area contributed by atoms with Crippen LogP contribution in [-0.2, 0) is 21.3 Å². The Morgan fingerprint density at radius 1 is 1.06 bits per heavy atom. The average Bonchev–Trinajstić information content (AvgIpc) is 2.78. The monoisotopic (exact) mass is 448 g/mol. The van der Waals surface area contributed by atoms with Gasteiger partial charge in [-0.25, -0.2) is 8.42 Å². The fourth-order valence-electron chi connectivity index (χ4n) is 2.94. The van der Waals surface area contributed by atoms with Gasteiger partial charge in [-0.1, -0.05) is 43.7 Å². The van der Waals surface area contributed by atoms with Gasteiger partial charge in [-0.3, -0.25) is 4.79 Å². The summed E-state index contributed by atoms with van der Waals surface area (Å²) >= 11 is 0. The first-order chi connectivity index (χ1) is 14.9. The van der Waals surface area contributed by atoms with Gasteiger partial charge in [0, 0.05) is 38.9 Å². The lowest BCUT2D eigenvalue weighted by molar-refractivity contribution is 0.0940. The van der Waals surface area contributed by atoms with Gasteiger partial charge in [0.2, 0.25) is 10.0 Å². The number of sulfonamides is 1. The SMILES string of the molecule is CCCCOCCCNC(=O)c1ccc(OC)c(S(=O)(=O)N(C)Cc2ccccc2)c1. The van der Waals surface area contributed by atoms with E-state index in [1.54, 1.807) is 6.07 Å². The smallest absolute Gasteiger partial charge is 0.251 e. The summed E-state index contributed by atoms with van der Waals surface area (Å²) in [6.45, 7) is 4.06. The Labute approximate surface area is 185 Å². The van der Waals surface area contributed by atoms with Crippen LogP contribution in [0.15, 0.2) is 53.4 Å². The van der Waals surface area contributed by atoms with Gasteiger partial charge in [0.1, 0.15) is 10.6 Å². The first-order valence-electron chi connectivity index (χ1n) is 10.4. The zero-order valence-electron chi connectivity index (χ0n) is 18.5. The lowest BCUT2D eigenvalue weighted by Gasteiger charge is -2.19. The molecule has 0 fully saturated rings. The molecule has 0 unspecified atom stereocenters. The lowest BCUT2D eigenvalue weighted by atomic mass is 10.2. The first kappa shape index (κ1) is 24.8. The molecular formula is C23H32N2O5S. The van der Waals surface area contributed by atoms with Gasteiger partial charge in [-0.15, -0.1) is 0 Å². The van der Waals surface area contributed by atoms with Crippen LogP contribution < -0.4 is 10.1 Å². The zero-order chi connectivity index (χ0) is 22.7. The fourth-order valence-corrected chi connectivity index (χ4v) is 4.28. The number of amides is 1. The minimum absolute atomic E-state index is 0.0380. The summed E-state index contributed by atoms with van der Waals surface area (Å²) in [4.78, 5) is 12.5. The fraction of sp³-hybridized carbons (Fsp3) is 0.435. The molecule has 170 valence electrons. The van der Waals surface area contributed by atoms with Crippen molar-refractivity contribution in [2.24, 2.45) is 0 Å². The number of hydrogen-bond acceptors (Lipinski definition) is 5. The molecule has 0 aliphatic carbocycles. The van der Waals surface area contributed by atoms with Gasteiger partial charge in [0.15, 0.2) is 0 Å². The van der Waals surface area contributed by atoms with E-state index in [1.165, 1.54) is 30.6 Å². The molecule has 0 aromatic heterocycles. The highest BCUT2D eigenvalue weighted by Crippen LogP contribution is 2.28. The van der Waals surface area contributed by atoms with Crippen LogP contribution in [0.4, 0.5) is 0 Å². The van der Waals surface area contributed by atoms with Crippen molar-refractivity contribution in [1.82, 2.24) is 9.62 Å². The Bertz CT molecular complexity index is 932. The second-order valence-electron chi connectivity index (χ2n) is 7.19. The Morgan fingerprint density at radius 2 is 1.77 bits per heavy atom. The minimum Gasteiger partial charge on any atom is -0.495 e. The molecule has 7 nitrogen and oxygen atoms in total. The summed E-state index contributed by atoms with van der Waals surface area (Å²) in [6, 6.07) is 13.7. The van der Waals surface area contributed by atoms with Gasteiger partial charge in [0.05, 0.1) is 7.11 Å². The molecule has 0 saturated carbocycles. The van der Waals surface area contributed by atoms with Crippen LogP contribution in [0.3, 0.4) is 0 Å². The van der Waals surface area contributed by atoms with Gasteiger partial charge in [0.25, 0.3) is 5.91 Å². The zero-order valence-corrected chi connectivity index (χ0v) is 19.3. The summed E-state index contributed by atoms with van der Waals surface area (Å²) in [5, 5.41) is 2.81. The highest BCUT2D eigenvalue weighted by Gasteiger charge is 2.26. The standard InChI is InChI=1S/C23H32N2O5S/c1-4-5-15-30-16-9-14-24-23(26)20-12-13-21(29-3)22(17-20)31(27,28)25(2)18-19-10-7-6-8-11-19/h6-8,10-13,17H,4-5,9,14-16,18H2,1-3H3,(H,24,26). The second kappa shape index (κ2) is 12.4. The van der Waals surface area contributed by atoms with E-state index >= 15 is 0 Å². The van der Waals surface area contributed by atoms with Crippen molar-refractivity contribution in [3.05, 3.63) is 59.7 Å². The maximum Gasteiger partial charge on any atom is 0.251 e. The predicted octanol–water partition coefficient (Wildman–Crippen LogP) is 3.45. The molecule has 2 rings (SSSR count). The number of rotatable bonds is 13. The maximum atomic E-state index is 13.2. The number of carbonyl (C=O) groups excluding carboxylic acids is 1. The van der Waals surface area contributed by atoms with Crippen molar-refractivity contribution in [2.75, 3.05) is 33.9 Å². The predicted molar refractivity (Wildman–Crippen MR) is 121 cm³/mol. The van der Waals surface area contributed by atoms with E-state index in [1.807, 2.05) is 30.3 Å². The van der Waals surface area contributed by atoms with E-state index in [-0.39, 0.29) is 28.7 Å². The normalized spacial score (nSPS) is 11.5. The number of carbonyl (C=O) groups is 1. The van der Waals surface area contributed by atoms with E-state index in [2.05, 4.69) is 12.2 Å². The molecule has 0 aliphatic heterocycles. The Morgan fingerprint density at radius 3 is 2.45 bits per heavy atom. The summed E-state index contributed by atoms with van der Waals surface area (Å²) in [5.74, 6) is -0.140. The molecule has 0 saturated heterocycles. The minimum atomic E-state index is -3.87. The van der Waals surface area contributed by atoms with E-state index in [4.69, 9.17) is 9.47 Å². The molecule has 1 N–H and O–H groups in total. The van der Waals surface area contributed by atoms with Crippen molar-refractivity contribution in [3.8, 4) is 5.75 Å². The van der Waals surface area contributed by atoms with Crippen LogP contribution in [0.25, 0.3) is 0 Å². The third-order valence-electron chi connectivity index (χ3n) is 4.76. The summed E-state index contributed by atoms with van der Waals surface area (Å²) in [6.07, 6.45) is 2.80. The van der Waals surface area contributed by atoms with Gasteiger partial charge < -0.3 is 14.8 Å².